The third-order valence-corrected chi connectivity index (χ3v) is 0.959. The zero-order chi connectivity index (χ0) is 8.36. The largest absolute Gasteiger partial charge is 0.496 e. The van der Waals surface area contributed by atoms with Gasteiger partial charge in [0.2, 0.25) is 0 Å². The van der Waals surface area contributed by atoms with Gasteiger partial charge < -0.3 is 0 Å². The zero-order valence-corrected chi connectivity index (χ0v) is 6.18. The highest BCUT2D eigenvalue weighted by atomic mass is 32.2. The van der Waals surface area contributed by atoms with E-state index in [1.54, 1.807) is 0 Å². The van der Waals surface area contributed by atoms with E-state index < -0.39 is 23.3 Å². The molecule has 6 heteroatoms. The molecule has 0 rings (SSSR count). The van der Waals surface area contributed by atoms with Crippen molar-refractivity contribution in [3.8, 4) is 0 Å². The van der Waals surface area contributed by atoms with Crippen molar-refractivity contribution in [1.29, 1.82) is 0 Å². The molecule has 0 unspecified atom stereocenters. The molecule has 0 fully saturated rings. The highest BCUT2D eigenvalue weighted by Gasteiger charge is 2.44. The average molecular weight is 175 g/mol. The van der Waals surface area contributed by atoms with Gasteiger partial charge in [0, 0.05) is 0 Å². The van der Waals surface area contributed by atoms with Crippen molar-refractivity contribution in [3.05, 3.63) is 0 Å². The summed E-state index contributed by atoms with van der Waals surface area (Å²) in [5.41, 5.74) is 0. The minimum absolute atomic E-state index is 0.962. The van der Waals surface area contributed by atoms with Crippen molar-refractivity contribution >= 4 is 17.1 Å². The van der Waals surface area contributed by atoms with Crippen LogP contribution in [-0.4, -0.2) is 24.7 Å². The Kier molecular flexibility index (Phi) is 3.01. The number of hydrogen-bond donors (Lipinski definition) is 0. The summed E-state index contributed by atoms with van der Waals surface area (Å²) >= 11 is -0.962. The van der Waals surface area contributed by atoms with Crippen LogP contribution >= 0.6 is 0 Å². The minimum Gasteiger partial charge on any atom is -0.238 e. The van der Waals surface area contributed by atoms with E-state index in [1.807, 2.05) is 0 Å². The Labute approximate surface area is 58.9 Å². The standard InChI is InChI=1S/C4H6F3O2S/c1-10(2)9-3(8)4(5,6)7/h1-2H3/q+1. The maximum absolute atomic E-state index is 11.3. The fourth-order valence-corrected chi connectivity index (χ4v) is 0.596. The molecule has 0 N–H and O–H groups in total. The molecule has 2 nitrogen and oxygen atoms in total. The molecular formula is C4H6F3O2S+. The van der Waals surface area contributed by atoms with E-state index in [0.29, 0.717) is 0 Å². The molecule has 0 atom stereocenters. The van der Waals surface area contributed by atoms with Crippen molar-refractivity contribution in [2.75, 3.05) is 12.5 Å². The number of carbonyl (C=O) groups is 1. The predicted octanol–water partition coefficient (Wildman–Crippen LogP) is 0.885. The molecule has 0 aliphatic rings. The van der Waals surface area contributed by atoms with Crippen LogP contribution in [0, 0.1) is 0 Å². The Balaban J connectivity index is 3.87. The molecule has 0 aromatic heterocycles. The number of alkyl halides is 3. The lowest BCUT2D eigenvalue weighted by atomic mass is 10.7. The second kappa shape index (κ2) is 3.14. The second-order valence-electron chi connectivity index (χ2n) is 1.61. The summed E-state index contributed by atoms with van der Waals surface area (Å²) in [7, 11) is 0. The van der Waals surface area contributed by atoms with Gasteiger partial charge in [0.05, 0.1) is 0 Å². The summed E-state index contributed by atoms with van der Waals surface area (Å²) < 4.78 is 37.9. The molecule has 0 aromatic carbocycles. The van der Waals surface area contributed by atoms with Gasteiger partial charge in [0.25, 0.3) is 0 Å². The van der Waals surface area contributed by atoms with Gasteiger partial charge in [0.15, 0.2) is 11.2 Å². The quantitative estimate of drug-likeness (QED) is 0.553. The van der Waals surface area contributed by atoms with Gasteiger partial charge in [0.1, 0.15) is 12.5 Å². The number of rotatable bonds is 1. The monoisotopic (exact) mass is 175 g/mol. The second-order valence-corrected chi connectivity index (χ2v) is 3.26. The highest BCUT2D eigenvalue weighted by molar-refractivity contribution is 7.91. The fourth-order valence-electron chi connectivity index (χ4n) is 0.199. The predicted molar refractivity (Wildman–Crippen MR) is 31.4 cm³/mol. The lowest BCUT2D eigenvalue weighted by molar-refractivity contribution is -0.188. The van der Waals surface area contributed by atoms with Crippen molar-refractivity contribution < 1.29 is 22.1 Å². The van der Waals surface area contributed by atoms with Crippen molar-refractivity contribution in [3.63, 3.8) is 0 Å². The summed E-state index contributed by atoms with van der Waals surface area (Å²) in [5.74, 6) is -2.12. The zero-order valence-electron chi connectivity index (χ0n) is 5.36. The molecule has 0 aliphatic carbocycles. The van der Waals surface area contributed by atoms with Gasteiger partial charge in [-0.1, -0.05) is 0 Å². The Morgan fingerprint density at radius 2 is 1.80 bits per heavy atom. The third kappa shape index (κ3) is 3.60. The summed E-state index contributed by atoms with van der Waals surface area (Å²) in [6.07, 6.45) is -2.11. The SMILES string of the molecule is C[S+](C)OC(=O)C(F)(F)F. The van der Waals surface area contributed by atoms with E-state index in [9.17, 15) is 18.0 Å². The Morgan fingerprint density at radius 3 is 1.90 bits per heavy atom. The molecular weight excluding hydrogens is 169 g/mol. The van der Waals surface area contributed by atoms with Crippen molar-refractivity contribution in [2.24, 2.45) is 0 Å². The lowest BCUT2D eigenvalue weighted by Crippen LogP contribution is -2.27. The molecule has 0 heterocycles. The first kappa shape index (κ1) is 9.61. The third-order valence-electron chi connectivity index (χ3n) is 0.474. The average Bonchev–Trinajstić information content (AvgIpc) is 1.60. The molecule has 60 valence electrons. The molecule has 0 spiro atoms. The van der Waals surface area contributed by atoms with Crippen LogP contribution in [0.4, 0.5) is 13.2 Å². The van der Waals surface area contributed by atoms with Gasteiger partial charge in [-0.15, -0.1) is 0 Å². The van der Waals surface area contributed by atoms with Crippen molar-refractivity contribution in [1.82, 2.24) is 0 Å². The van der Waals surface area contributed by atoms with E-state index in [4.69, 9.17) is 0 Å². The summed E-state index contributed by atoms with van der Waals surface area (Å²) in [5, 5.41) is 0. The first-order valence-corrected chi connectivity index (χ1v) is 4.17. The van der Waals surface area contributed by atoms with Crippen LogP contribution in [0.15, 0.2) is 0 Å². The van der Waals surface area contributed by atoms with Crippen LogP contribution in [0.2, 0.25) is 0 Å². The molecule has 0 aromatic rings. The lowest BCUT2D eigenvalue weighted by Gasteiger charge is -2.00. The summed E-state index contributed by atoms with van der Waals surface area (Å²) in [6.45, 7) is 0. The maximum atomic E-state index is 11.3. The van der Waals surface area contributed by atoms with Crippen LogP contribution in [-0.2, 0) is 20.2 Å². The Bertz CT molecular complexity index is 131. The van der Waals surface area contributed by atoms with Crippen LogP contribution < -0.4 is 0 Å². The van der Waals surface area contributed by atoms with E-state index in [2.05, 4.69) is 4.18 Å². The van der Waals surface area contributed by atoms with E-state index >= 15 is 0 Å². The Hall–Kier alpha value is -0.390. The molecule has 10 heavy (non-hydrogen) atoms. The Morgan fingerprint density at radius 1 is 1.40 bits per heavy atom. The van der Waals surface area contributed by atoms with Crippen LogP contribution in [0.3, 0.4) is 0 Å². The van der Waals surface area contributed by atoms with Crippen LogP contribution in [0.25, 0.3) is 0 Å². The summed E-state index contributed by atoms with van der Waals surface area (Å²) in [4.78, 5) is 9.93. The molecule has 0 bridgehead atoms. The number of hydrogen-bond acceptors (Lipinski definition) is 2. The van der Waals surface area contributed by atoms with Gasteiger partial charge in [-0.3, -0.25) is 0 Å². The van der Waals surface area contributed by atoms with Gasteiger partial charge in [-0.2, -0.15) is 13.2 Å². The fraction of sp³-hybridized carbons (Fsp3) is 0.750. The normalized spacial score (nSPS) is 11.8. The molecule has 0 saturated carbocycles. The smallest absolute Gasteiger partial charge is 0.238 e. The van der Waals surface area contributed by atoms with E-state index in [0.717, 1.165) is 0 Å². The first-order valence-electron chi connectivity index (χ1n) is 2.21. The van der Waals surface area contributed by atoms with Gasteiger partial charge in [-0.25, -0.2) is 8.98 Å². The van der Waals surface area contributed by atoms with Crippen LogP contribution in [0.1, 0.15) is 0 Å². The van der Waals surface area contributed by atoms with Crippen LogP contribution in [0.5, 0.6) is 0 Å². The highest BCUT2D eigenvalue weighted by Crippen LogP contribution is 2.17. The molecule has 0 saturated heterocycles. The minimum atomic E-state index is -4.86. The first-order chi connectivity index (χ1) is 4.34. The van der Waals surface area contributed by atoms with Crippen molar-refractivity contribution in [2.45, 2.75) is 6.18 Å². The summed E-state index contributed by atoms with van der Waals surface area (Å²) in [6, 6.07) is 0. The maximum Gasteiger partial charge on any atom is 0.496 e. The van der Waals surface area contributed by atoms with E-state index in [1.165, 1.54) is 12.5 Å². The number of halogens is 3. The van der Waals surface area contributed by atoms with Gasteiger partial charge in [-0.05, 0) is 0 Å². The van der Waals surface area contributed by atoms with E-state index in [-0.39, 0.29) is 0 Å². The topological polar surface area (TPSA) is 26.3 Å². The molecule has 0 aliphatic heterocycles. The molecule has 0 amide bonds. The van der Waals surface area contributed by atoms with Gasteiger partial charge >= 0.3 is 12.1 Å². The molecule has 0 radical (unpaired) electrons. The number of carbonyl (C=O) groups excluding carboxylic acids is 1.